The van der Waals surface area contributed by atoms with Crippen molar-refractivity contribution in [3.63, 3.8) is 0 Å². The number of benzene rings is 6. The minimum absolute atomic E-state index is 0.0759. The minimum atomic E-state index is -0.0759. The molecule has 0 N–H and O–H groups in total. The Labute approximate surface area is 231 Å². The van der Waals surface area contributed by atoms with Crippen LogP contribution in [0.25, 0.3) is 33.0 Å². The van der Waals surface area contributed by atoms with E-state index >= 15 is 0 Å². The molecule has 184 valence electrons. The number of fused-ring (bicyclic) bond motifs is 4. The molecule has 1 aliphatic rings. The molecule has 0 amide bonds. The number of hydrogen-bond acceptors (Lipinski definition) is 1. The summed E-state index contributed by atoms with van der Waals surface area (Å²) in [5, 5.41) is 2.46. The predicted molar refractivity (Wildman–Crippen MR) is 167 cm³/mol. The highest BCUT2D eigenvalue weighted by atomic mass is 15.1. The standard InChI is InChI=1S/C37H28BN/c1-37(2)34-13-7-5-12-32(34)33-22-21-30(24-35(33)37)39(29-20-17-25-9-3-4-10-27(25)23-29)36-14-8-6-11-31(36)26-15-18-28(38)19-16-26/h3-24H,1-2H3. The number of nitrogens with zero attached hydrogens (tertiary/aromatic N) is 1. The summed E-state index contributed by atoms with van der Waals surface area (Å²) >= 11 is 0. The van der Waals surface area contributed by atoms with Crippen LogP contribution in [0.15, 0.2) is 133 Å². The van der Waals surface area contributed by atoms with Crippen LogP contribution in [-0.4, -0.2) is 7.85 Å². The van der Waals surface area contributed by atoms with Crippen LogP contribution in [0.5, 0.6) is 0 Å². The maximum Gasteiger partial charge on any atom is 0.113 e. The van der Waals surface area contributed by atoms with Gasteiger partial charge in [-0.25, -0.2) is 0 Å². The lowest BCUT2D eigenvalue weighted by Crippen LogP contribution is -2.17. The highest BCUT2D eigenvalue weighted by molar-refractivity contribution is 6.32. The number of anilines is 3. The van der Waals surface area contributed by atoms with Gasteiger partial charge in [-0.2, -0.15) is 0 Å². The molecule has 0 aromatic heterocycles. The van der Waals surface area contributed by atoms with Gasteiger partial charge in [0, 0.05) is 22.4 Å². The first-order chi connectivity index (χ1) is 19.0. The molecule has 0 saturated carbocycles. The van der Waals surface area contributed by atoms with Crippen molar-refractivity contribution in [2.24, 2.45) is 0 Å². The zero-order valence-electron chi connectivity index (χ0n) is 22.2. The smallest absolute Gasteiger partial charge is 0.113 e. The summed E-state index contributed by atoms with van der Waals surface area (Å²) in [6.07, 6.45) is 0. The summed E-state index contributed by atoms with van der Waals surface area (Å²) in [5.41, 5.74) is 11.8. The van der Waals surface area contributed by atoms with Gasteiger partial charge in [-0.05, 0) is 68.9 Å². The Morgan fingerprint density at radius 1 is 0.513 bits per heavy atom. The Balaban J connectivity index is 1.47. The summed E-state index contributed by atoms with van der Waals surface area (Å²) < 4.78 is 0. The molecule has 1 nitrogen and oxygen atoms in total. The largest absolute Gasteiger partial charge is 0.310 e. The van der Waals surface area contributed by atoms with Gasteiger partial charge in [0.25, 0.3) is 0 Å². The first-order valence-corrected chi connectivity index (χ1v) is 13.5. The van der Waals surface area contributed by atoms with E-state index in [0.29, 0.717) is 0 Å². The van der Waals surface area contributed by atoms with Crippen molar-refractivity contribution < 1.29 is 0 Å². The molecule has 0 spiro atoms. The fraction of sp³-hybridized carbons (Fsp3) is 0.0811. The van der Waals surface area contributed by atoms with Gasteiger partial charge in [-0.1, -0.05) is 122 Å². The van der Waals surface area contributed by atoms with Crippen molar-refractivity contribution >= 4 is 41.1 Å². The summed E-state index contributed by atoms with van der Waals surface area (Å²) in [6, 6.07) is 47.9. The lowest BCUT2D eigenvalue weighted by atomic mass is 9.82. The average molecular weight is 497 g/mol. The molecule has 0 aliphatic heterocycles. The number of rotatable bonds is 4. The van der Waals surface area contributed by atoms with Crippen LogP contribution < -0.4 is 10.4 Å². The monoisotopic (exact) mass is 497 g/mol. The van der Waals surface area contributed by atoms with Crippen LogP contribution in [0.4, 0.5) is 17.1 Å². The van der Waals surface area contributed by atoms with E-state index in [9.17, 15) is 0 Å². The van der Waals surface area contributed by atoms with Crippen molar-refractivity contribution in [2.75, 3.05) is 4.90 Å². The molecule has 39 heavy (non-hydrogen) atoms. The van der Waals surface area contributed by atoms with E-state index in [4.69, 9.17) is 7.85 Å². The first kappa shape index (κ1) is 23.6. The van der Waals surface area contributed by atoms with Gasteiger partial charge < -0.3 is 4.90 Å². The van der Waals surface area contributed by atoms with Gasteiger partial charge in [-0.15, -0.1) is 0 Å². The quantitative estimate of drug-likeness (QED) is 0.220. The number of hydrogen-bond donors (Lipinski definition) is 0. The molecule has 6 aromatic rings. The predicted octanol–water partition coefficient (Wildman–Crippen LogP) is 9.08. The fourth-order valence-corrected chi connectivity index (χ4v) is 6.15. The summed E-state index contributed by atoms with van der Waals surface area (Å²) in [6.45, 7) is 4.67. The van der Waals surface area contributed by atoms with E-state index in [0.717, 1.165) is 33.7 Å². The summed E-state index contributed by atoms with van der Waals surface area (Å²) in [5.74, 6) is 0. The minimum Gasteiger partial charge on any atom is -0.310 e. The third-order valence-electron chi connectivity index (χ3n) is 8.18. The van der Waals surface area contributed by atoms with Crippen LogP contribution >= 0.6 is 0 Å². The molecule has 0 fully saturated rings. The van der Waals surface area contributed by atoms with E-state index in [-0.39, 0.29) is 5.41 Å². The first-order valence-electron chi connectivity index (χ1n) is 13.5. The normalized spacial score (nSPS) is 13.2. The second-order valence-corrected chi connectivity index (χ2v) is 10.9. The van der Waals surface area contributed by atoms with Crippen LogP contribution in [0.1, 0.15) is 25.0 Å². The summed E-state index contributed by atoms with van der Waals surface area (Å²) in [4.78, 5) is 2.40. The Morgan fingerprint density at radius 3 is 1.95 bits per heavy atom. The number of para-hydroxylation sites is 1. The second-order valence-electron chi connectivity index (χ2n) is 10.9. The van der Waals surface area contributed by atoms with Crippen LogP contribution in [0.2, 0.25) is 0 Å². The van der Waals surface area contributed by atoms with E-state index < -0.39 is 0 Å². The molecule has 0 heterocycles. The van der Waals surface area contributed by atoms with Crippen molar-refractivity contribution in [2.45, 2.75) is 19.3 Å². The third-order valence-corrected chi connectivity index (χ3v) is 8.18. The Bertz CT molecular complexity index is 1850. The zero-order valence-corrected chi connectivity index (χ0v) is 22.2. The second kappa shape index (κ2) is 9.03. The lowest BCUT2D eigenvalue weighted by molar-refractivity contribution is 0.660. The van der Waals surface area contributed by atoms with E-state index in [1.165, 1.54) is 33.0 Å². The van der Waals surface area contributed by atoms with E-state index in [1.807, 2.05) is 12.1 Å². The molecule has 1 aliphatic carbocycles. The highest BCUT2D eigenvalue weighted by Crippen LogP contribution is 2.51. The Hall–Kier alpha value is -4.56. The molecule has 0 atom stereocenters. The summed E-state index contributed by atoms with van der Waals surface area (Å²) in [7, 11) is 6.04. The average Bonchev–Trinajstić information content (AvgIpc) is 3.20. The fourth-order valence-electron chi connectivity index (χ4n) is 6.15. The van der Waals surface area contributed by atoms with Gasteiger partial charge in [0.1, 0.15) is 7.85 Å². The Morgan fingerprint density at radius 2 is 1.13 bits per heavy atom. The molecule has 0 saturated heterocycles. The lowest BCUT2D eigenvalue weighted by Gasteiger charge is -2.30. The van der Waals surface area contributed by atoms with Gasteiger partial charge in [0.05, 0.1) is 5.69 Å². The van der Waals surface area contributed by atoms with Gasteiger partial charge in [-0.3, -0.25) is 0 Å². The molecule has 0 bridgehead atoms. The highest BCUT2D eigenvalue weighted by Gasteiger charge is 2.35. The van der Waals surface area contributed by atoms with E-state index in [1.54, 1.807) is 0 Å². The Kier molecular flexibility index (Phi) is 5.45. The maximum absolute atomic E-state index is 6.04. The molecule has 2 heteroatoms. The zero-order chi connectivity index (χ0) is 26.6. The SMILES string of the molecule is [B]c1ccc(-c2ccccc2N(c2ccc3c(c2)C(C)(C)c2ccccc2-3)c2ccc3ccccc3c2)cc1. The van der Waals surface area contributed by atoms with Crippen molar-refractivity contribution in [1.29, 1.82) is 0 Å². The van der Waals surface area contributed by atoms with E-state index in [2.05, 4.69) is 140 Å². The third kappa shape index (κ3) is 3.87. The van der Waals surface area contributed by atoms with Crippen molar-refractivity contribution in [3.05, 3.63) is 145 Å². The van der Waals surface area contributed by atoms with Gasteiger partial charge in [0.2, 0.25) is 0 Å². The molecule has 2 radical (unpaired) electrons. The van der Waals surface area contributed by atoms with Crippen LogP contribution in [-0.2, 0) is 5.41 Å². The van der Waals surface area contributed by atoms with Crippen molar-refractivity contribution in [3.8, 4) is 22.3 Å². The molecule has 6 aromatic carbocycles. The van der Waals surface area contributed by atoms with Crippen LogP contribution in [0, 0.1) is 0 Å². The van der Waals surface area contributed by atoms with Crippen molar-refractivity contribution in [1.82, 2.24) is 0 Å². The van der Waals surface area contributed by atoms with Crippen LogP contribution in [0.3, 0.4) is 0 Å². The molecule has 0 unspecified atom stereocenters. The van der Waals surface area contributed by atoms with Gasteiger partial charge >= 0.3 is 0 Å². The molecule has 7 rings (SSSR count). The molecular weight excluding hydrogens is 469 g/mol. The molecular formula is C37H28BN. The maximum atomic E-state index is 6.04. The van der Waals surface area contributed by atoms with Gasteiger partial charge in [0.15, 0.2) is 0 Å². The topological polar surface area (TPSA) is 3.24 Å².